The Morgan fingerprint density at radius 3 is 2.66 bits per heavy atom. The number of carbonyl (C=O) groups excluding carboxylic acids is 1. The Kier molecular flexibility index (Phi) is 6.81. The molecule has 0 bridgehead atoms. The van der Waals surface area contributed by atoms with Gasteiger partial charge in [-0.05, 0) is 61.2 Å². The normalized spacial score (nSPS) is 11.4. The summed E-state index contributed by atoms with van der Waals surface area (Å²) >= 11 is 4.90. The number of esters is 1. The number of thioether (sulfide) groups is 1. The average Bonchev–Trinajstić information content (AvgIpc) is 3.03. The number of benzene rings is 1. The number of rotatable bonds is 7. The lowest BCUT2D eigenvalue weighted by Crippen LogP contribution is -2.13. The summed E-state index contributed by atoms with van der Waals surface area (Å²) in [6.07, 6.45) is 1.72. The van der Waals surface area contributed by atoms with E-state index in [0.29, 0.717) is 33.7 Å². The molecule has 0 fully saturated rings. The van der Waals surface area contributed by atoms with Crippen LogP contribution in [0.2, 0.25) is 0 Å². The fraction of sp³-hybridized carbons (Fsp3) is 0.300. The smallest absolute Gasteiger partial charge is 0.357 e. The van der Waals surface area contributed by atoms with Gasteiger partial charge in [0.05, 0.1) is 12.3 Å². The molecule has 3 rings (SSSR count). The molecule has 0 unspecified atom stereocenters. The van der Waals surface area contributed by atoms with Crippen LogP contribution in [0.1, 0.15) is 28.7 Å². The van der Waals surface area contributed by atoms with Gasteiger partial charge in [0, 0.05) is 33.4 Å². The Hall–Kier alpha value is -2.10. The molecule has 0 amide bonds. The molecule has 3 aromatic rings. The van der Waals surface area contributed by atoms with Crippen LogP contribution in [0.25, 0.3) is 5.65 Å². The predicted octanol–water partition coefficient (Wildman–Crippen LogP) is 4.47. The van der Waals surface area contributed by atoms with E-state index in [0.717, 1.165) is 4.90 Å². The Morgan fingerprint density at radius 1 is 1.34 bits per heavy atom. The van der Waals surface area contributed by atoms with Crippen molar-refractivity contribution in [3.05, 3.63) is 57.7 Å². The van der Waals surface area contributed by atoms with E-state index in [4.69, 9.17) is 4.74 Å². The number of ether oxygens (including phenoxy) is 1. The van der Waals surface area contributed by atoms with Gasteiger partial charge in [0.2, 0.25) is 0 Å². The molecular formula is C20H21BrFN3O3S. The van der Waals surface area contributed by atoms with Crippen LogP contribution in [0.3, 0.4) is 0 Å². The first kappa shape index (κ1) is 21.6. The number of aromatic hydroxyl groups is 1. The highest BCUT2D eigenvalue weighted by molar-refractivity contribution is 9.10. The second kappa shape index (κ2) is 9.15. The highest BCUT2D eigenvalue weighted by atomic mass is 79.9. The SMILES string of the molecule is CCOC(=O)c1c(CSc2ccc(F)cc2)nc2c(O)c(CN(C)C)c(Br)cn12. The van der Waals surface area contributed by atoms with Crippen molar-refractivity contribution in [1.82, 2.24) is 14.3 Å². The number of halogens is 2. The van der Waals surface area contributed by atoms with Gasteiger partial charge in [-0.3, -0.25) is 4.40 Å². The lowest BCUT2D eigenvalue weighted by molar-refractivity contribution is 0.0517. The fourth-order valence-electron chi connectivity index (χ4n) is 2.88. The molecule has 0 aliphatic carbocycles. The van der Waals surface area contributed by atoms with Crippen LogP contribution in [-0.2, 0) is 17.0 Å². The van der Waals surface area contributed by atoms with Crippen LogP contribution in [-0.4, -0.2) is 46.1 Å². The van der Waals surface area contributed by atoms with E-state index in [-0.39, 0.29) is 23.9 Å². The fourth-order valence-corrected chi connectivity index (χ4v) is 4.23. The van der Waals surface area contributed by atoms with Crippen LogP contribution < -0.4 is 0 Å². The molecule has 1 aromatic carbocycles. The number of fused-ring (bicyclic) bond motifs is 1. The van der Waals surface area contributed by atoms with Crippen molar-refractivity contribution in [3.63, 3.8) is 0 Å². The molecule has 0 saturated carbocycles. The van der Waals surface area contributed by atoms with Crippen molar-refractivity contribution < 1.29 is 19.0 Å². The molecule has 0 aliphatic rings. The van der Waals surface area contributed by atoms with Crippen molar-refractivity contribution in [3.8, 4) is 5.75 Å². The Morgan fingerprint density at radius 2 is 2.03 bits per heavy atom. The van der Waals surface area contributed by atoms with Gasteiger partial charge in [0.1, 0.15) is 5.82 Å². The number of hydrogen-bond acceptors (Lipinski definition) is 6. The van der Waals surface area contributed by atoms with Crippen LogP contribution >= 0.6 is 27.7 Å². The van der Waals surface area contributed by atoms with Gasteiger partial charge in [-0.15, -0.1) is 11.8 Å². The zero-order valence-corrected chi connectivity index (χ0v) is 18.7. The summed E-state index contributed by atoms with van der Waals surface area (Å²) in [4.78, 5) is 19.9. The maximum atomic E-state index is 13.1. The summed E-state index contributed by atoms with van der Waals surface area (Å²) in [6, 6.07) is 6.11. The summed E-state index contributed by atoms with van der Waals surface area (Å²) in [5.74, 6) is -0.447. The van der Waals surface area contributed by atoms with Gasteiger partial charge in [-0.1, -0.05) is 0 Å². The number of pyridine rings is 1. The minimum Gasteiger partial charge on any atom is -0.504 e. The van der Waals surface area contributed by atoms with Crippen molar-refractivity contribution in [1.29, 1.82) is 0 Å². The Labute approximate surface area is 180 Å². The summed E-state index contributed by atoms with van der Waals surface area (Å²) in [5, 5.41) is 10.8. The molecule has 0 aliphatic heterocycles. The highest BCUT2D eigenvalue weighted by Gasteiger charge is 2.25. The molecule has 0 saturated heterocycles. The van der Waals surface area contributed by atoms with Gasteiger partial charge < -0.3 is 14.7 Å². The predicted molar refractivity (Wildman–Crippen MR) is 114 cm³/mol. The summed E-state index contributed by atoms with van der Waals surface area (Å²) in [5.41, 5.74) is 1.73. The second-order valence-electron chi connectivity index (χ2n) is 6.61. The molecule has 1 N–H and O–H groups in total. The van der Waals surface area contributed by atoms with Crippen molar-refractivity contribution >= 4 is 39.3 Å². The molecule has 2 heterocycles. The number of carbonyl (C=O) groups is 1. The average molecular weight is 482 g/mol. The molecule has 9 heteroatoms. The lowest BCUT2D eigenvalue weighted by Gasteiger charge is -2.14. The van der Waals surface area contributed by atoms with Crippen LogP contribution in [0.5, 0.6) is 5.75 Å². The molecule has 0 spiro atoms. The van der Waals surface area contributed by atoms with E-state index < -0.39 is 5.97 Å². The highest BCUT2D eigenvalue weighted by Crippen LogP contribution is 2.34. The van der Waals surface area contributed by atoms with E-state index in [1.807, 2.05) is 19.0 Å². The van der Waals surface area contributed by atoms with E-state index in [2.05, 4.69) is 20.9 Å². The van der Waals surface area contributed by atoms with Crippen molar-refractivity contribution in [2.24, 2.45) is 0 Å². The number of imidazole rings is 1. The monoisotopic (exact) mass is 481 g/mol. The Balaban J connectivity index is 2.06. The molecule has 6 nitrogen and oxygen atoms in total. The van der Waals surface area contributed by atoms with E-state index in [1.54, 1.807) is 29.7 Å². The Bertz CT molecular complexity index is 1040. The third kappa shape index (κ3) is 4.73. The molecule has 154 valence electrons. The maximum absolute atomic E-state index is 13.1. The van der Waals surface area contributed by atoms with Crippen LogP contribution in [0.4, 0.5) is 4.39 Å². The molecule has 0 atom stereocenters. The second-order valence-corrected chi connectivity index (χ2v) is 8.51. The van der Waals surface area contributed by atoms with Gasteiger partial charge >= 0.3 is 5.97 Å². The van der Waals surface area contributed by atoms with Gasteiger partial charge in [0.15, 0.2) is 17.1 Å². The lowest BCUT2D eigenvalue weighted by atomic mass is 10.2. The summed E-state index contributed by atoms with van der Waals surface area (Å²) < 4.78 is 20.6. The molecule has 29 heavy (non-hydrogen) atoms. The minimum atomic E-state index is -0.513. The summed E-state index contributed by atoms with van der Waals surface area (Å²) in [7, 11) is 3.80. The largest absolute Gasteiger partial charge is 0.504 e. The van der Waals surface area contributed by atoms with Crippen LogP contribution in [0.15, 0.2) is 39.8 Å². The first-order chi connectivity index (χ1) is 13.8. The maximum Gasteiger partial charge on any atom is 0.357 e. The molecular weight excluding hydrogens is 461 g/mol. The third-order valence-electron chi connectivity index (χ3n) is 4.14. The van der Waals surface area contributed by atoms with Crippen molar-refractivity contribution in [2.75, 3.05) is 20.7 Å². The standard InChI is InChI=1S/C20H21BrFN3O3S/c1-4-28-20(27)17-16(11-29-13-7-5-12(22)6-8-13)23-19-18(26)14(9-24(2)3)15(21)10-25(17)19/h5-8,10,26H,4,9,11H2,1-3H3. The van der Waals surface area contributed by atoms with Gasteiger partial charge in [-0.2, -0.15) is 0 Å². The van der Waals surface area contributed by atoms with E-state index >= 15 is 0 Å². The first-order valence-electron chi connectivity index (χ1n) is 8.93. The third-order valence-corrected chi connectivity index (χ3v) is 5.85. The quantitative estimate of drug-likeness (QED) is 0.396. The summed E-state index contributed by atoms with van der Waals surface area (Å²) in [6.45, 7) is 2.46. The van der Waals surface area contributed by atoms with Crippen molar-refractivity contribution in [2.45, 2.75) is 24.1 Å². The van der Waals surface area contributed by atoms with Gasteiger partial charge in [0.25, 0.3) is 0 Å². The van der Waals surface area contributed by atoms with Gasteiger partial charge in [-0.25, -0.2) is 14.2 Å². The molecule has 0 radical (unpaired) electrons. The van der Waals surface area contributed by atoms with Crippen LogP contribution in [0, 0.1) is 5.82 Å². The minimum absolute atomic E-state index is 0.0108. The number of hydrogen-bond donors (Lipinski definition) is 1. The van der Waals surface area contributed by atoms with E-state index in [9.17, 15) is 14.3 Å². The van der Waals surface area contributed by atoms with E-state index in [1.165, 1.54) is 23.9 Å². The topological polar surface area (TPSA) is 67.1 Å². The zero-order chi connectivity index (χ0) is 21.1. The zero-order valence-electron chi connectivity index (χ0n) is 16.3. The number of nitrogens with zero attached hydrogens (tertiary/aromatic N) is 3. The number of aromatic nitrogens is 2. The molecule has 2 aromatic heterocycles. The first-order valence-corrected chi connectivity index (χ1v) is 10.7.